The smallest absolute Gasteiger partial charge is 0.123 e. The van der Waals surface area contributed by atoms with Crippen molar-refractivity contribution < 1.29 is 20.1 Å². The third-order valence-electron chi connectivity index (χ3n) is 3.82. The predicted molar refractivity (Wildman–Crippen MR) is 90.7 cm³/mol. The predicted octanol–water partition coefficient (Wildman–Crippen LogP) is 3.04. The second-order valence-electron chi connectivity index (χ2n) is 5.43. The first-order valence-electron chi connectivity index (χ1n) is 7.47. The van der Waals surface area contributed by atoms with E-state index in [1.807, 2.05) is 18.2 Å². The highest BCUT2D eigenvalue weighted by atomic mass is 16.5. The fraction of sp³-hybridized carbons (Fsp3) is 0.263. The molecule has 0 aliphatic heterocycles. The Morgan fingerprint density at radius 2 is 1.87 bits per heavy atom. The van der Waals surface area contributed by atoms with Gasteiger partial charge in [-0.25, -0.2) is 0 Å². The van der Waals surface area contributed by atoms with Crippen molar-refractivity contribution in [2.75, 3.05) is 13.7 Å². The molecule has 23 heavy (non-hydrogen) atoms. The number of allylic oxidation sites excluding steroid dienone is 1. The number of ether oxygens (including phenoxy) is 1. The first-order valence-corrected chi connectivity index (χ1v) is 7.47. The van der Waals surface area contributed by atoms with Crippen molar-refractivity contribution in [3.63, 3.8) is 0 Å². The molecule has 0 fully saturated rings. The van der Waals surface area contributed by atoms with Crippen molar-refractivity contribution in [3.8, 4) is 22.6 Å². The minimum atomic E-state index is -0.275. The van der Waals surface area contributed by atoms with E-state index < -0.39 is 0 Å². The van der Waals surface area contributed by atoms with Crippen LogP contribution in [0.15, 0.2) is 49.1 Å². The first-order chi connectivity index (χ1) is 11.1. The minimum absolute atomic E-state index is 0.0601. The van der Waals surface area contributed by atoms with Crippen LogP contribution in [0.2, 0.25) is 0 Å². The molecule has 0 radical (unpaired) electrons. The summed E-state index contributed by atoms with van der Waals surface area (Å²) in [5, 5.41) is 29.3. The molecule has 1 atom stereocenters. The van der Waals surface area contributed by atoms with Crippen molar-refractivity contribution in [1.82, 2.24) is 0 Å². The van der Waals surface area contributed by atoms with Crippen LogP contribution in [-0.4, -0.2) is 35.1 Å². The molecule has 0 amide bonds. The molecule has 4 heteroatoms. The summed E-state index contributed by atoms with van der Waals surface area (Å²) >= 11 is 0. The van der Waals surface area contributed by atoms with E-state index in [0.717, 1.165) is 16.7 Å². The molecule has 3 N–H and O–H groups in total. The standard InChI is InChI=1S/C19H22O4/c1-3-4-15-11-14(6-8-18(15)21)17-10-13(5-7-19(17)22)9-16(12-20)23-2/h3,5-8,10-11,16,20-22H,1,4,9,12H2,2H3. The number of hydrogen-bond donors (Lipinski definition) is 3. The molecule has 2 aromatic carbocycles. The molecule has 0 spiro atoms. The average molecular weight is 314 g/mol. The lowest BCUT2D eigenvalue weighted by atomic mass is 9.97. The SMILES string of the molecule is C=CCc1cc(-c2cc(CC(CO)OC)ccc2O)ccc1O. The van der Waals surface area contributed by atoms with Crippen molar-refractivity contribution in [1.29, 1.82) is 0 Å². The van der Waals surface area contributed by atoms with Crippen LogP contribution in [0.4, 0.5) is 0 Å². The van der Waals surface area contributed by atoms with Gasteiger partial charge in [0.25, 0.3) is 0 Å². The Kier molecular flexibility index (Phi) is 5.79. The maximum absolute atomic E-state index is 10.2. The molecular weight excluding hydrogens is 292 g/mol. The summed E-state index contributed by atoms with van der Waals surface area (Å²) in [4.78, 5) is 0. The van der Waals surface area contributed by atoms with E-state index in [2.05, 4.69) is 6.58 Å². The van der Waals surface area contributed by atoms with Gasteiger partial charge < -0.3 is 20.1 Å². The first kappa shape index (κ1) is 17.1. The Hall–Kier alpha value is -2.30. The van der Waals surface area contributed by atoms with Gasteiger partial charge in [-0.1, -0.05) is 18.2 Å². The zero-order valence-electron chi connectivity index (χ0n) is 13.2. The second kappa shape index (κ2) is 7.81. The van der Waals surface area contributed by atoms with E-state index in [9.17, 15) is 15.3 Å². The monoisotopic (exact) mass is 314 g/mol. The molecule has 122 valence electrons. The number of phenolic OH excluding ortho intramolecular Hbond substituents is 2. The van der Waals surface area contributed by atoms with Gasteiger partial charge >= 0.3 is 0 Å². The molecule has 2 rings (SSSR count). The summed E-state index contributed by atoms with van der Waals surface area (Å²) in [5.41, 5.74) is 3.21. The van der Waals surface area contributed by atoms with Gasteiger partial charge in [0.1, 0.15) is 11.5 Å². The molecular formula is C19H22O4. The topological polar surface area (TPSA) is 69.9 Å². The molecule has 0 heterocycles. The normalized spacial score (nSPS) is 12.1. The molecule has 2 aromatic rings. The second-order valence-corrected chi connectivity index (χ2v) is 5.43. The molecule has 1 unspecified atom stereocenters. The quantitative estimate of drug-likeness (QED) is 0.687. The van der Waals surface area contributed by atoms with E-state index >= 15 is 0 Å². The van der Waals surface area contributed by atoms with E-state index in [1.165, 1.54) is 0 Å². The Balaban J connectivity index is 2.38. The highest BCUT2D eigenvalue weighted by Crippen LogP contribution is 2.33. The average Bonchev–Trinajstić information content (AvgIpc) is 2.56. The Bertz CT molecular complexity index is 675. The summed E-state index contributed by atoms with van der Waals surface area (Å²) in [7, 11) is 1.56. The van der Waals surface area contributed by atoms with E-state index in [1.54, 1.807) is 31.4 Å². The number of aliphatic hydroxyl groups is 1. The zero-order valence-corrected chi connectivity index (χ0v) is 13.2. The fourth-order valence-electron chi connectivity index (χ4n) is 2.50. The Morgan fingerprint density at radius 1 is 1.13 bits per heavy atom. The van der Waals surface area contributed by atoms with Crippen LogP contribution >= 0.6 is 0 Å². The number of aromatic hydroxyl groups is 2. The van der Waals surface area contributed by atoms with Crippen molar-refractivity contribution in [2.45, 2.75) is 18.9 Å². The van der Waals surface area contributed by atoms with E-state index in [-0.39, 0.29) is 24.2 Å². The van der Waals surface area contributed by atoms with Gasteiger partial charge in [-0.05, 0) is 47.4 Å². The zero-order chi connectivity index (χ0) is 16.8. The van der Waals surface area contributed by atoms with Crippen LogP contribution in [0.3, 0.4) is 0 Å². The molecule has 0 aliphatic carbocycles. The van der Waals surface area contributed by atoms with Gasteiger partial charge in [-0.3, -0.25) is 0 Å². The summed E-state index contributed by atoms with van der Waals surface area (Å²) in [6.07, 6.45) is 2.55. The van der Waals surface area contributed by atoms with Crippen LogP contribution in [0.5, 0.6) is 11.5 Å². The lowest BCUT2D eigenvalue weighted by molar-refractivity contribution is 0.0495. The fourth-order valence-corrected chi connectivity index (χ4v) is 2.50. The number of hydrogen-bond acceptors (Lipinski definition) is 4. The molecule has 0 aromatic heterocycles. The number of methoxy groups -OCH3 is 1. The largest absolute Gasteiger partial charge is 0.508 e. The van der Waals surface area contributed by atoms with Gasteiger partial charge in [0.2, 0.25) is 0 Å². The lowest BCUT2D eigenvalue weighted by Crippen LogP contribution is -2.18. The number of rotatable bonds is 7. The van der Waals surface area contributed by atoms with Gasteiger partial charge in [0, 0.05) is 19.1 Å². The Morgan fingerprint density at radius 3 is 2.52 bits per heavy atom. The van der Waals surface area contributed by atoms with Gasteiger partial charge in [-0.2, -0.15) is 0 Å². The van der Waals surface area contributed by atoms with Crippen LogP contribution in [0.25, 0.3) is 11.1 Å². The lowest BCUT2D eigenvalue weighted by Gasteiger charge is -2.14. The molecule has 0 saturated carbocycles. The summed E-state index contributed by atoms with van der Waals surface area (Å²) in [6.45, 7) is 3.62. The minimum Gasteiger partial charge on any atom is -0.508 e. The van der Waals surface area contributed by atoms with Crippen molar-refractivity contribution >= 4 is 0 Å². The number of aliphatic hydroxyl groups excluding tert-OH is 1. The maximum atomic E-state index is 10.2. The highest BCUT2D eigenvalue weighted by Gasteiger charge is 2.12. The molecule has 0 saturated heterocycles. The van der Waals surface area contributed by atoms with Gasteiger partial charge in [0.15, 0.2) is 0 Å². The third kappa shape index (κ3) is 4.12. The maximum Gasteiger partial charge on any atom is 0.123 e. The van der Waals surface area contributed by atoms with Crippen molar-refractivity contribution in [3.05, 3.63) is 60.2 Å². The highest BCUT2D eigenvalue weighted by molar-refractivity contribution is 5.72. The van der Waals surface area contributed by atoms with Crippen LogP contribution < -0.4 is 0 Å². The van der Waals surface area contributed by atoms with Crippen molar-refractivity contribution in [2.24, 2.45) is 0 Å². The van der Waals surface area contributed by atoms with Gasteiger partial charge in [0.05, 0.1) is 12.7 Å². The molecule has 0 aliphatic rings. The summed E-state index contributed by atoms with van der Waals surface area (Å²) in [6, 6.07) is 10.5. The van der Waals surface area contributed by atoms with E-state index in [0.29, 0.717) is 18.4 Å². The van der Waals surface area contributed by atoms with Gasteiger partial charge in [-0.15, -0.1) is 6.58 Å². The van der Waals surface area contributed by atoms with Crippen LogP contribution in [0, 0.1) is 0 Å². The third-order valence-corrected chi connectivity index (χ3v) is 3.82. The van der Waals surface area contributed by atoms with Crippen LogP contribution in [0.1, 0.15) is 11.1 Å². The van der Waals surface area contributed by atoms with Crippen LogP contribution in [-0.2, 0) is 17.6 Å². The number of benzene rings is 2. The summed E-state index contributed by atoms with van der Waals surface area (Å²) in [5.74, 6) is 0.381. The van der Waals surface area contributed by atoms with E-state index in [4.69, 9.17) is 4.74 Å². The number of phenols is 2. The Labute approximate surface area is 136 Å². The summed E-state index contributed by atoms with van der Waals surface area (Å²) < 4.78 is 5.19. The molecule has 0 bridgehead atoms. The molecule has 4 nitrogen and oxygen atoms in total.